The second-order valence-corrected chi connectivity index (χ2v) is 4.64. The molecule has 0 saturated carbocycles. The van der Waals surface area contributed by atoms with Gasteiger partial charge in [-0.3, -0.25) is 4.79 Å². The molecular formula is C11H19BrO2. The Hall–Kier alpha value is -0.310. The standard InChI is InChI=1S/C11H19BrO2/c1-4-14-10(13)9-11(2,3)7-5-6-8-12/h5,7H,4,6,8-9H2,1-3H3. The van der Waals surface area contributed by atoms with Gasteiger partial charge in [-0.1, -0.05) is 41.9 Å². The first kappa shape index (κ1) is 13.7. The van der Waals surface area contributed by atoms with E-state index in [1.807, 2.05) is 20.8 Å². The summed E-state index contributed by atoms with van der Waals surface area (Å²) in [5, 5.41) is 0.957. The van der Waals surface area contributed by atoms with Gasteiger partial charge >= 0.3 is 5.97 Å². The summed E-state index contributed by atoms with van der Waals surface area (Å²) in [6, 6.07) is 0. The summed E-state index contributed by atoms with van der Waals surface area (Å²) < 4.78 is 4.90. The van der Waals surface area contributed by atoms with Gasteiger partial charge in [-0.2, -0.15) is 0 Å². The fraction of sp³-hybridized carbons (Fsp3) is 0.727. The van der Waals surface area contributed by atoms with Crippen LogP contribution in [0.1, 0.15) is 33.6 Å². The number of carbonyl (C=O) groups is 1. The minimum absolute atomic E-state index is 0.103. The molecule has 14 heavy (non-hydrogen) atoms. The molecule has 0 unspecified atom stereocenters. The number of hydrogen-bond donors (Lipinski definition) is 0. The monoisotopic (exact) mass is 262 g/mol. The zero-order chi connectivity index (χ0) is 11.0. The molecule has 0 spiro atoms. The van der Waals surface area contributed by atoms with Crippen molar-refractivity contribution in [2.24, 2.45) is 5.41 Å². The van der Waals surface area contributed by atoms with Crippen LogP contribution < -0.4 is 0 Å². The first-order chi connectivity index (χ1) is 6.52. The van der Waals surface area contributed by atoms with Crippen LogP contribution in [0.15, 0.2) is 12.2 Å². The molecule has 0 bridgehead atoms. The lowest BCUT2D eigenvalue weighted by molar-refractivity contribution is -0.144. The van der Waals surface area contributed by atoms with Gasteiger partial charge in [-0.05, 0) is 18.8 Å². The second kappa shape index (κ2) is 7.04. The van der Waals surface area contributed by atoms with Gasteiger partial charge in [0.05, 0.1) is 13.0 Å². The van der Waals surface area contributed by atoms with Crippen molar-refractivity contribution in [1.82, 2.24) is 0 Å². The molecule has 0 amide bonds. The van der Waals surface area contributed by atoms with E-state index >= 15 is 0 Å². The zero-order valence-corrected chi connectivity index (χ0v) is 10.8. The van der Waals surface area contributed by atoms with Crippen LogP contribution in [0.5, 0.6) is 0 Å². The number of hydrogen-bond acceptors (Lipinski definition) is 2. The number of allylic oxidation sites excluding steroid dienone is 2. The van der Waals surface area contributed by atoms with E-state index in [1.165, 1.54) is 0 Å². The number of carbonyl (C=O) groups excluding carboxylic acids is 1. The van der Waals surface area contributed by atoms with E-state index < -0.39 is 0 Å². The van der Waals surface area contributed by atoms with Crippen molar-refractivity contribution in [2.75, 3.05) is 11.9 Å². The molecule has 0 aromatic carbocycles. The minimum atomic E-state index is -0.124. The van der Waals surface area contributed by atoms with Crippen LogP contribution >= 0.6 is 15.9 Å². The van der Waals surface area contributed by atoms with Crippen molar-refractivity contribution in [2.45, 2.75) is 33.6 Å². The highest BCUT2D eigenvalue weighted by Crippen LogP contribution is 2.22. The maximum absolute atomic E-state index is 11.2. The van der Waals surface area contributed by atoms with Crippen molar-refractivity contribution in [3.05, 3.63) is 12.2 Å². The van der Waals surface area contributed by atoms with Crippen LogP contribution in [0.2, 0.25) is 0 Å². The van der Waals surface area contributed by atoms with Crippen LogP contribution in [-0.4, -0.2) is 17.9 Å². The van der Waals surface area contributed by atoms with Crippen molar-refractivity contribution >= 4 is 21.9 Å². The van der Waals surface area contributed by atoms with Crippen molar-refractivity contribution in [1.29, 1.82) is 0 Å². The Balaban J connectivity index is 3.99. The molecule has 0 N–H and O–H groups in total. The Labute approximate surface area is 94.8 Å². The first-order valence-corrected chi connectivity index (χ1v) is 6.03. The maximum Gasteiger partial charge on any atom is 0.306 e. The van der Waals surface area contributed by atoms with E-state index in [4.69, 9.17) is 4.74 Å². The Morgan fingerprint density at radius 1 is 1.50 bits per heavy atom. The quantitative estimate of drug-likeness (QED) is 0.417. The third-order valence-corrected chi connectivity index (χ3v) is 2.21. The average molecular weight is 263 g/mol. The summed E-state index contributed by atoms with van der Waals surface area (Å²) in [5.74, 6) is -0.124. The number of ether oxygens (including phenoxy) is 1. The van der Waals surface area contributed by atoms with Crippen molar-refractivity contribution in [3.8, 4) is 0 Å². The molecule has 0 radical (unpaired) electrons. The Morgan fingerprint density at radius 3 is 2.64 bits per heavy atom. The van der Waals surface area contributed by atoms with E-state index in [9.17, 15) is 4.79 Å². The summed E-state index contributed by atoms with van der Waals surface area (Å²) in [5.41, 5.74) is -0.103. The molecule has 2 nitrogen and oxygen atoms in total. The van der Waals surface area contributed by atoms with E-state index in [0.29, 0.717) is 13.0 Å². The third kappa shape index (κ3) is 7.13. The van der Waals surface area contributed by atoms with Crippen LogP contribution in [0.25, 0.3) is 0 Å². The molecular weight excluding hydrogens is 244 g/mol. The fourth-order valence-electron chi connectivity index (χ4n) is 1.11. The molecule has 0 aliphatic carbocycles. The lowest BCUT2D eigenvalue weighted by Gasteiger charge is -2.18. The Kier molecular flexibility index (Phi) is 6.89. The van der Waals surface area contributed by atoms with Gasteiger partial charge in [0.1, 0.15) is 0 Å². The van der Waals surface area contributed by atoms with Crippen LogP contribution in [0.4, 0.5) is 0 Å². The van der Waals surface area contributed by atoms with Crippen molar-refractivity contribution in [3.63, 3.8) is 0 Å². The molecule has 0 aromatic heterocycles. The molecule has 0 atom stereocenters. The lowest BCUT2D eigenvalue weighted by atomic mass is 9.89. The first-order valence-electron chi connectivity index (χ1n) is 4.91. The number of alkyl halides is 1. The van der Waals surface area contributed by atoms with E-state index in [-0.39, 0.29) is 11.4 Å². The van der Waals surface area contributed by atoms with Crippen LogP contribution in [0.3, 0.4) is 0 Å². The second-order valence-electron chi connectivity index (χ2n) is 3.85. The summed E-state index contributed by atoms with van der Waals surface area (Å²) in [7, 11) is 0. The van der Waals surface area contributed by atoms with Crippen molar-refractivity contribution < 1.29 is 9.53 Å². The summed E-state index contributed by atoms with van der Waals surface area (Å²) in [6.07, 6.45) is 5.60. The predicted molar refractivity (Wildman–Crippen MR) is 62.6 cm³/mol. The van der Waals surface area contributed by atoms with Gasteiger partial charge in [0.2, 0.25) is 0 Å². The highest BCUT2D eigenvalue weighted by Gasteiger charge is 2.19. The summed E-state index contributed by atoms with van der Waals surface area (Å²) in [4.78, 5) is 11.2. The highest BCUT2D eigenvalue weighted by molar-refractivity contribution is 9.09. The fourth-order valence-corrected chi connectivity index (χ4v) is 1.37. The molecule has 0 heterocycles. The normalized spacial score (nSPS) is 12.0. The number of rotatable bonds is 6. The molecule has 0 aliphatic rings. The topological polar surface area (TPSA) is 26.3 Å². The molecule has 82 valence electrons. The predicted octanol–water partition coefficient (Wildman–Crippen LogP) is 3.31. The zero-order valence-electron chi connectivity index (χ0n) is 9.18. The molecule has 0 aromatic rings. The van der Waals surface area contributed by atoms with Gasteiger partial charge in [-0.25, -0.2) is 0 Å². The van der Waals surface area contributed by atoms with E-state index in [0.717, 1.165) is 11.8 Å². The van der Waals surface area contributed by atoms with Gasteiger partial charge < -0.3 is 4.74 Å². The molecule has 0 aliphatic heterocycles. The summed E-state index contributed by atoms with van der Waals surface area (Å²) in [6.45, 7) is 6.36. The average Bonchev–Trinajstić information content (AvgIpc) is 2.03. The number of halogens is 1. The minimum Gasteiger partial charge on any atom is -0.466 e. The lowest BCUT2D eigenvalue weighted by Crippen LogP contribution is -2.16. The van der Waals surface area contributed by atoms with Gasteiger partial charge in [0.25, 0.3) is 0 Å². The molecule has 3 heteroatoms. The van der Waals surface area contributed by atoms with Gasteiger partial charge in [0, 0.05) is 5.33 Å². The third-order valence-electron chi connectivity index (χ3n) is 1.75. The molecule has 0 rings (SSSR count). The molecule has 0 saturated heterocycles. The Morgan fingerprint density at radius 2 is 2.14 bits per heavy atom. The SMILES string of the molecule is CCOC(=O)CC(C)(C)C=CCCBr. The highest BCUT2D eigenvalue weighted by atomic mass is 79.9. The van der Waals surface area contributed by atoms with Gasteiger partial charge in [0.15, 0.2) is 0 Å². The van der Waals surface area contributed by atoms with Gasteiger partial charge in [-0.15, -0.1) is 0 Å². The maximum atomic E-state index is 11.2. The Bertz CT molecular complexity index is 197. The van der Waals surface area contributed by atoms with E-state index in [1.54, 1.807) is 0 Å². The largest absolute Gasteiger partial charge is 0.466 e. The van der Waals surface area contributed by atoms with E-state index in [2.05, 4.69) is 28.1 Å². The smallest absolute Gasteiger partial charge is 0.306 e. The van der Waals surface area contributed by atoms with Crippen LogP contribution in [-0.2, 0) is 9.53 Å². The molecule has 0 fully saturated rings. The summed E-state index contributed by atoms with van der Waals surface area (Å²) >= 11 is 3.35. The van der Waals surface area contributed by atoms with Crippen LogP contribution in [0, 0.1) is 5.41 Å². The number of esters is 1.